The molecule has 0 saturated carbocycles. The van der Waals surface area contributed by atoms with Crippen molar-refractivity contribution in [1.82, 2.24) is 10.6 Å². The van der Waals surface area contributed by atoms with Crippen LogP contribution in [0.5, 0.6) is 0 Å². The van der Waals surface area contributed by atoms with E-state index in [4.69, 9.17) is 0 Å². The third kappa shape index (κ3) is 3.95. The quantitative estimate of drug-likeness (QED) is 0.852. The topological polar surface area (TPSA) is 78.5 Å². The second kappa shape index (κ2) is 6.44. The van der Waals surface area contributed by atoms with Crippen molar-refractivity contribution in [2.45, 2.75) is 18.9 Å². The zero-order valence-electron chi connectivity index (χ0n) is 12.3. The maximum Gasteiger partial charge on any atom is 0.253 e. The fourth-order valence-electron chi connectivity index (χ4n) is 2.35. The smallest absolute Gasteiger partial charge is 0.253 e. The summed E-state index contributed by atoms with van der Waals surface area (Å²) < 4.78 is 24.5. The standard InChI is InChI=1S/C14H21N3O3S/c1-17(21(2,19)20)13-6-4-3-5-12(13)14(18)16-11-7-9-15-10-8-11/h3-6,11,15H,7-10H2,1-2H3,(H,16,18). The van der Waals surface area contributed by atoms with Crippen LogP contribution in [0.25, 0.3) is 0 Å². The molecule has 6 nitrogen and oxygen atoms in total. The molecular formula is C14H21N3O3S. The minimum atomic E-state index is -3.40. The summed E-state index contributed by atoms with van der Waals surface area (Å²) in [7, 11) is -1.95. The highest BCUT2D eigenvalue weighted by molar-refractivity contribution is 7.92. The first-order valence-corrected chi connectivity index (χ1v) is 8.79. The van der Waals surface area contributed by atoms with E-state index in [1.807, 2.05) is 0 Å². The van der Waals surface area contributed by atoms with Crippen molar-refractivity contribution < 1.29 is 13.2 Å². The summed E-state index contributed by atoms with van der Waals surface area (Å²) in [5.74, 6) is -0.229. The number of carbonyl (C=O) groups excluding carboxylic acids is 1. The monoisotopic (exact) mass is 311 g/mol. The number of rotatable bonds is 4. The van der Waals surface area contributed by atoms with Gasteiger partial charge in [-0.05, 0) is 38.1 Å². The third-order valence-corrected chi connectivity index (χ3v) is 4.85. The van der Waals surface area contributed by atoms with Crippen molar-refractivity contribution in [3.8, 4) is 0 Å². The lowest BCUT2D eigenvalue weighted by molar-refractivity contribution is 0.0930. The van der Waals surface area contributed by atoms with Crippen LogP contribution in [-0.2, 0) is 10.0 Å². The normalized spacial score (nSPS) is 16.5. The number of benzene rings is 1. The zero-order valence-corrected chi connectivity index (χ0v) is 13.1. The van der Waals surface area contributed by atoms with Gasteiger partial charge in [-0.3, -0.25) is 9.10 Å². The maximum absolute atomic E-state index is 12.4. The lowest BCUT2D eigenvalue weighted by atomic mass is 10.1. The molecule has 0 atom stereocenters. The van der Waals surface area contributed by atoms with Gasteiger partial charge in [0.15, 0.2) is 0 Å². The van der Waals surface area contributed by atoms with E-state index in [-0.39, 0.29) is 11.9 Å². The fourth-order valence-corrected chi connectivity index (χ4v) is 2.86. The van der Waals surface area contributed by atoms with Crippen molar-refractivity contribution in [3.05, 3.63) is 29.8 Å². The first kappa shape index (κ1) is 15.8. The van der Waals surface area contributed by atoms with Crippen molar-refractivity contribution in [2.24, 2.45) is 0 Å². The fraction of sp³-hybridized carbons (Fsp3) is 0.500. The van der Waals surface area contributed by atoms with Gasteiger partial charge in [-0.1, -0.05) is 12.1 Å². The van der Waals surface area contributed by atoms with Gasteiger partial charge in [0.2, 0.25) is 10.0 Å². The molecule has 0 aliphatic carbocycles. The van der Waals surface area contributed by atoms with E-state index in [0.717, 1.165) is 36.5 Å². The highest BCUT2D eigenvalue weighted by Gasteiger charge is 2.22. The lowest BCUT2D eigenvalue weighted by Gasteiger charge is -2.25. The Morgan fingerprint density at radius 2 is 1.90 bits per heavy atom. The highest BCUT2D eigenvalue weighted by atomic mass is 32.2. The number of anilines is 1. The lowest BCUT2D eigenvalue weighted by Crippen LogP contribution is -2.43. The number of sulfonamides is 1. The van der Waals surface area contributed by atoms with Gasteiger partial charge in [0, 0.05) is 13.1 Å². The number of amides is 1. The van der Waals surface area contributed by atoms with Gasteiger partial charge in [0.25, 0.3) is 5.91 Å². The molecule has 1 fully saturated rings. The predicted molar refractivity (Wildman–Crippen MR) is 83.0 cm³/mol. The van der Waals surface area contributed by atoms with Gasteiger partial charge in [-0.2, -0.15) is 0 Å². The molecule has 1 aromatic rings. The molecule has 0 bridgehead atoms. The van der Waals surface area contributed by atoms with E-state index in [0.29, 0.717) is 11.3 Å². The van der Waals surface area contributed by atoms with Gasteiger partial charge < -0.3 is 10.6 Å². The molecule has 116 valence electrons. The molecule has 7 heteroatoms. The molecule has 2 rings (SSSR count). The van der Waals surface area contributed by atoms with E-state index < -0.39 is 10.0 Å². The van der Waals surface area contributed by atoms with Crippen LogP contribution in [0.15, 0.2) is 24.3 Å². The summed E-state index contributed by atoms with van der Waals surface area (Å²) in [6, 6.07) is 6.87. The highest BCUT2D eigenvalue weighted by Crippen LogP contribution is 2.21. The Balaban J connectivity index is 2.21. The van der Waals surface area contributed by atoms with Crippen LogP contribution >= 0.6 is 0 Å². The van der Waals surface area contributed by atoms with Crippen molar-refractivity contribution >= 4 is 21.6 Å². The van der Waals surface area contributed by atoms with Gasteiger partial charge in [0.05, 0.1) is 17.5 Å². The van der Waals surface area contributed by atoms with E-state index in [9.17, 15) is 13.2 Å². The molecule has 0 aromatic heterocycles. The summed E-state index contributed by atoms with van der Waals surface area (Å²) in [4.78, 5) is 12.4. The maximum atomic E-state index is 12.4. The number of hydrogen-bond donors (Lipinski definition) is 2. The Morgan fingerprint density at radius 3 is 2.52 bits per heavy atom. The number of nitrogens with zero attached hydrogens (tertiary/aromatic N) is 1. The Kier molecular flexibility index (Phi) is 4.84. The predicted octanol–water partition coefficient (Wildman–Crippen LogP) is 0.564. The molecule has 2 N–H and O–H groups in total. The second-order valence-corrected chi connectivity index (χ2v) is 7.26. The molecule has 0 radical (unpaired) electrons. The first-order chi connectivity index (χ1) is 9.89. The van der Waals surface area contributed by atoms with Crippen LogP contribution < -0.4 is 14.9 Å². The molecule has 1 saturated heterocycles. The van der Waals surface area contributed by atoms with Crippen molar-refractivity contribution in [3.63, 3.8) is 0 Å². The Morgan fingerprint density at radius 1 is 1.29 bits per heavy atom. The molecule has 0 unspecified atom stereocenters. The second-order valence-electron chi connectivity index (χ2n) is 5.25. The summed E-state index contributed by atoms with van der Waals surface area (Å²) in [6.07, 6.45) is 2.89. The van der Waals surface area contributed by atoms with Crippen LogP contribution in [0.2, 0.25) is 0 Å². The summed E-state index contributed by atoms with van der Waals surface area (Å²) in [5, 5.41) is 6.22. The van der Waals surface area contributed by atoms with Gasteiger partial charge in [-0.15, -0.1) is 0 Å². The number of nitrogens with one attached hydrogen (secondary N) is 2. The number of piperidine rings is 1. The molecule has 1 aliphatic rings. The minimum absolute atomic E-state index is 0.135. The van der Waals surface area contributed by atoms with Crippen molar-refractivity contribution in [2.75, 3.05) is 30.7 Å². The van der Waals surface area contributed by atoms with Gasteiger partial charge in [0.1, 0.15) is 0 Å². The van der Waals surface area contributed by atoms with Crippen LogP contribution in [-0.4, -0.2) is 46.8 Å². The molecule has 1 amide bonds. The van der Waals surface area contributed by atoms with E-state index in [1.54, 1.807) is 24.3 Å². The summed E-state index contributed by atoms with van der Waals surface area (Å²) >= 11 is 0. The van der Waals surface area contributed by atoms with E-state index in [1.165, 1.54) is 7.05 Å². The Hall–Kier alpha value is -1.60. The zero-order chi connectivity index (χ0) is 15.5. The Labute approximate surface area is 125 Å². The first-order valence-electron chi connectivity index (χ1n) is 6.94. The van der Waals surface area contributed by atoms with Crippen LogP contribution in [0, 0.1) is 0 Å². The molecule has 1 aromatic carbocycles. The third-order valence-electron chi connectivity index (χ3n) is 3.66. The minimum Gasteiger partial charge on any atom is -0.349 e. The van der Waals surface area contributed by atoms with Crippen molar-refractivity contribution in [1.29, 1.82) is 0 Å². The van der Waals surface area contributed by atoms with Gasteiger partial charge >= 0.3 is 0 Å². The molecule has 21 heavy (non-hydrogen) atoms. The number of para-hydroxylation sites is 1. The molecule has 1 heterocycles. The molecule has 1 aliphatic heterocycles. The average Bonchev–Trinajstić information content (AvgIpc) is 2.46. The van der Waals surface area contributed by atoms with Crippen LogP contribution in [0.3, 0.4) is 0 Å². The van der Waals surface area contributed by atoms with Gasteiger partial charge in [-0.25, -0.2) is 8.42 Å². The summed E-state index contributed by atoms with van der Waals surface area (Å²) in [6.45, 7) is 1.77. The Bertz CT molecular complexity index is 610. The molecule has 0 spiro atoms. The number of hydrogen-bond acceptors (Lipinski definition) is 4. The SMILES string of the molecule is CN(c1ccccc1C(=O)NC1CCNCC1)S(C)(=O)=O. The summed E-state index contributed by atoms with van der Waals surface area (Å²) in [5.41, 5.74) is 0.774. The van der Waals surface area contributed by atoms with Crippen LogP contribution in [0.4, 0.5) is 5.69 Å². The average molecular weight is 311 g/mol. The van der Waals surface area contributed by atoms with E-state index >= 15 is 0 Å². The van der Waals surface area contributed by atoms with Crippen LogP contribution in [0.1, 0.15) is 23.2 Å². The van der Waals surface area contributed by atoms with E-state index in [2.05, 4.69) is 10.6 Å². The molecular weight excluding hydrogens is 290 g/mol. The largest absolute Gasteiger partial charge is 0.349 e. The number of carbonyl (C=O) groups is 1.